The SMILES string of the molecule is Cl.NC(Cc1ccc(F)cc1)C(F)(F)F. The molecular formula is C9H10ClF4N. The number of nitrogens with two attached hydrogens (primary N) is 1. The first kappa shape index (κ1) is 14.2. The minimum Gasteiger partial charge on any atom is -0.320 e. The highest BCUT2D eigenvalue weighted by molar-refractivity contribution is 5.85. The lowest BCUT2D eigenvalue weighted by molar-refractivity contribution is -0.147. The zero-order valence-corrected chi connectivity index (χ0v) is 8.41. The molecule has 1 aromatic carbocycles. The molecule has 0 amide bonds. The van der Waals surface area contributed by atoms with E-state index in [0.717, 1.165) is 12.1 Å². The van der Waals surface area contributed by atoms with E-state index in [1.54, 1.807) is 0 Å². The molecule has 0 aliphatic carbocycles. The van der Waals surface area contributed by atoms with Gasteiger partial charge in [-0.15, -0.1) is 12.4 Å². The second kappa shape index (κ2) is 5.32. The van der Waals surface area contributed by atoms with Crippen molar-refractivity contribution in [1.29, 1.82) is 0 Å². The Labute approximate surface area is 90.7 Å². The maximum Gasteiger partial charge on any atom is 0.403 e. The summed E-state index contributed by atoms with van der Waals surface area (Å²) in [6.45, 7) is 0. The molecule has 1 rings (SSSR count). The van der Waals surface area contributed by atoms with E-state index in [1.165, 1.54) is 12.1 Å². The van der Waals surface area contributed by atoms with Gasteiger partial charge < -0.3 is 5.73 Å². The summed E-state index contributed by atoms with van der Waals surface area (Å²) in [6.07, 6.45) is -4.74. The minimum atomic E-state index is -4.41. The highest BCUT2D eigenvalue weighted by atomic mass is 35.5. The summed E-state index contributed by atoms with van der Waals surface area (Å²) in [5, 5.41) is 0. The van der Waals surface area contributed by atoms with Gasteiger partial charge in [0.25, 0.3) is 0 Å². The molecule has 0 spiro atoms. The Morgan fingerprint density at radius 1 is 1.13 bits per heavy atom. The van der Waals surface area contributed by atoms with E-state index in [-0.39, 0.29) is 18.8 Å². The summed E-state index contributed by atoms with van der Waals surface area (Å²) in [4.78, 5) is 0. The zero-order valence-electron chi connectivity index (χ0n) is 7.59. The van der Waals surface area contributed by atoms with Crippen LogP contribution in [0.4, 0.5) is 17.6 Å². The molecule has 0 heterocycles. The first-order chi connectivity index (χ1) is 6.39. The summed E-state index contributed by atoms with van der Waals surface area (Å²) in [5.74, 6) is -0.477. The molecule has 0 bridgehead atoms. The van der Waals surface area contributed by atoms with Gasteiger partial charge in [-0.05, 0) is 24.1 Å². The first-order valence-electron chi connectivity index (χ1n) is 3.96. The van der Waals surface area contributed by atoms with Gasteiger partial charge in [0.1, 0.15) is 11.9 Å². The topological polar surface area (TPSA) is 26.0 Å². The summed E-state index contributed by atoms with van der Waals surface area (Å²) in [5.41, 5.74) is 5.27. The summed E-state index contributed by atoms with van der Waals surface area (Å²) >= 11 is 0. The Bertz CT molecular complexity index is 296. The van der Waals surface area contributed by atoms with Gasteiger partial charge in [0, 0.05) is 0 Å². The van der Waals surface area contributed by atoms with Gasteiger partial charge in [-0.2, -0.15) is 13.2 Å². The minimum absolute atomic E-state index is 0. The third-order valence-corrected chi connectivity index (χ3v) is 1.79. The molecule has 6 heteroatoms. The number of hydrogen-bond acceptors (Lipinski definition) is 1. The van der Waals surface area contributed by atoms with Crippen LogP contribution in [0.2, 0.25) is 0 Å². The van der Waals surface area contributed by atoms with E-state index >= 15 is 0 Å². The van der Waals surface area contributed by atoms with Crippen molar-refractivity contribution in [2.24, 2.45) is 5.73 Å². The summed E-state index contributed by atoms with van der Waals surface area (Å²) in [6, 6.07) is 2.91. The molecule has 0 saturated carbocycles. The van der Waals surface area contributed by atoms with Gasteiger partial charge in [-0.25, -0.2) is 4.39 Å². The van der Waals surface area contributed by atoms with Crippen LogP contribution in [0, 0.1) is 5.82 Å². The highest BCUT2D eigenvalue weighted by Crippen LogP contribution is 2.21. The smallest absolute Gasteiger partial charge is 0.320 e. The Morgan fingerprint density at radius 3 is 2.00 bits per heavy atom. The molecule has 1 nitrogen and oxygen atoms in total. The quantitative estimate of drug-likeness (QED) is 0.794. The lowest BCUT2D eigenvalue weighted by atomic mass is 10.1. The maximum atomic E-state index is 12.4. The van der Waals surface area contributed by atoms with Crippen molar-refractivity contribution in [2.75, 3.05) is 0 Å². The van der Waals surface area contributed by atoms with E-state index in [2.05, 4.69) is 0 Å². The van der Waals surface area contributed by atoms with Crippen molar-refractivity contribution in [3.63, 3.8) is 0 Å². The molecule has 1 aromatic rings. The van der Waals surface area contributed by atoms with Crippen molar-refractivity contribution < 1.29 is 17.6 Å². The molecule has 86 valence electrons. The zero-order chi connectivity index (χ0) is 10.8. The molecular weight excluding hydrogens is 234 g/mol. The van der Waals surface area contributed by atoms with Crippen LogP contribution in [0.1, 0.15) is 5.56 Å². The van der Waals surface area contributed by atoms with Gasteiger partial charge in [-0.3, -0.25) is 0 Å². The molecule has 2 N–H and O–H groups in total. The lowest BCUT2D eigenvalue weighted by Crippen LogP contribution is -2.39. The fourth-order valence-electron chi connectivity index (χ4n) is 0.990. The van der Waals surface area contributed by atoms with Crippen LogP contribution >= 0.6 is 12.4 Å². The van der Waals surface area contributed by atoms with E-state index in [0.29, 0.717) is 5.56 Å². The lowest BCUT2D eigenvalue weighted by Gasteiger charge is -2.15. The van der Waals surface area contributed by atoms with E-state index < -0.39 is 18.0 Å². The van der Waals surface area contributed by atoms with Gasteiger partial charge in [0.05, 0.1) is 0 Å². The largest absolute Gasteiger partial charge is 0.403 e. The van der Waals surface area contributed by atoms with E-state index in [9.17, 15) is 17.6 Å². The van der Waals surface area contributed by atoms with Crippen molar-refractivity contribution in [2.45, 2.75) is 18.6 Å². The fraction of sp³-hybridized carbons (Fsp3) is 0.333. The van der Waals surface area contributed by atoms with Crippen molar-refractivity contribution in [1.82, 2.24) is 0 Å². The number of hydrogen-bond donors (Lipinski definition) is 1. The molecule has 1 unspecified atom stereocenters. The number of benzene rings is 1. The summed E-state index contributed by atoms with van der Waals surface area (Å²) in [7, 11) is 0. The Morgan fingerprint density at radius 2 is 1.60 bits per heavy atom. The standard InChI is InChI=1S/C9H9F4N.ClH/c10-7-3-1-6(2-4-7)5-8(14)9(11,12)13;/h1-4,8H,5,14H2;1H. The van der Waals surface area contributed by atoms with Gasteiger partial charge in [0.2, 0.25) is 0 Å². The van der Waals surface area contributed by atoms with Crippen molar-refractivity contribution >= 4 is 12.4 Å². The predicted molar refractivity (Wildman–Crippen MR) is 51.4 cm³/mol. The monoisotopic (exact) mass is 243 g/mol. The molecule has 0 radical (unpaired) electrons. The van der Waals surface area contributed by atoms with Crippen LogP contribution < -0.4 is 5.73 Å². The van der Waals surface area contributed by atoms with Crippen LogP contribution in [0.25, 0.3) is 0 Å². The average Bonchev–Trinajstić information content (AvgIpc) is 2.07. The second-order valence-corrected chi connectivity index (χ2v) is 2.98. The van der Waals surface area contributed by atoms with Gasteiger partial charge in [-0.1, -0.05) is 12.1 Å². The number of alkyl halides is 3. The molecule has 15 heavy (non-hydrogen) atoms. The highest BCUT2D eigenvalue weighted by Gasteiger charge is 2.36. The van der Waals surface area contributed by atoms with Crippen molar-refractivity contribution in [3.05, 3.63) is 35.6 Å². The second-order valence-electron chi connectivity index (χ2n) is 2.98. The molecule has 0 aliphatic rings. The predicted octanol–water partition coefficient (Wildman–Crippen LogP) is 2.68. The molecule has 0 fully saturated rings. The average molecular weight is 244 g/mol. The number of rotatable bonds is 2. The van der Waals surface area contributed by atoms with Crippen LogP contribution in [0.5, 0.6) is 0 Å². The Kier molecular flexibility index (Phi) is 5.03. The third kappa shape index (κ3) is 4.48. The molecule has 0 aromatic heterocycles. The van der Waals surface area contributed by atoms with Gasteiger partial charge >= 0.3 is 6.18 Å². The molecule has 1 atom stereocenters. The third-order valence-electron chi connectivity index (χ3n) is 1.79. The van der Waals surface area contributed by atoms with Gasteiger partial charge in [0.15, 0.2) is 0 Å². The van der Waals surface area contributed by atoms with Crippen molar-refractivity contribution in [3.8, 4) is 0 Å². The van der Waals surface area contributed by atoms with E-state index in [4.69, 9.17) is 5.73 Å². The van der Waals surface area contributed by atoms with Crippen LogP contribution in [0.3, 0.4) is 0 Å². The van der Waals surface area contributed by atoms with Crippen LogP contribution in [-0.2, 0) is 6.42 Å². The summed E-state index contributed by atoms with van der Waals surface area (Å²) < 4.78 is 48.4. The van der Waals surface area contributed by atoms with E-state index in [1.807, 2.05) is 0 Å². The number of halogens is 5. The van der Waals surface area contributed by atoms with Crippen LogP contribution in [0.15, 0.2) is 24.3 Å². The molecule has 0 saturated heterocycles. The Balaban J connectivity index is 0.00000196. The molecule has 0 aliphatic heterocycles. The first-order valence-corrected chi connectivity index (χ1v) is 3.96. The fourth-order valence-corrected chi connectivity index (χ4v) is 0.990. The normalized spacial score (nSPS) is 13.1. The maximum absolute atomic E-state index is 12.4. The Hall–Kier alpha value is -0.810. The van der Waals surface area contributed by atoms with Crippen LogP contribution in [-0.4, -0.2) is 12.2 Å².